The lowest BCUT2D eigenvalue weighted by atomic mass is 9.79. The van der Waals surface area contributed by atoms with Crippen LogP contribution in [0.15, 0.2) is 0 Å². The van der Waals surface area contributed by atoms with Crippen LogP contribution in [-0.2, 0) is 15.6 Å². The standard InChI is InChI=1S/C13H22N2O2S/c1-3-5-13(11-14,6-4-2)12(16)15-7-9-18(17)10-8-15/h3-10H2,1-2H3. The molecular formula is C13H22N2O2S. The van der Waals surface area contributed by atoms with Gasteiger partial charge in [-0.2, -0.15) is 5.26 Å². The summed E-state index contributed by atoms with van der Waals surface area (Å²) in [5.74, 6) is 1.04. The van der Waals surface area contributed by atoms with Crippen LogP contribution in [0.5, 0.6) is 0 Å². The summed E-state index contributed by atoms with van der Waals surface area (Å²) in [5.41, 5.74) is -0.859. The molecule has 102 valence electrons. The summed E-state index contributed by atoms with van der Waals surface area (Å²) < 4.78 is 11.3. The van der Waals surface area contributed by atoms with Crippen molar-refractivity contribution >= 4 is 16.7 Å². The van der Waals surface area contributed by atoms with Gasteiger partial charge in [-0.15, -0.1) is 0 Å². The van der Waals surface area contributed by atoms with Crippen molar-refractivity contribution in [3.05, 3.63) is 0 Å². The van der Waals surface area contributed by atoms with E-state index >= 15 is 0 Å². The maximum Gasteiger partial charge on any atom is 0.243 e. The summed E-state index contributed by atoms with van der Waals surface area (Å²) in [6.45, 7) is 5.06. The van der Waals surface area contributed by atoms with E-state index in [1.807, 2.05) is 13.8 Å². The van der Waals surface area contributed by atoms with Gasteiger partial charge in [0.2, 0.25) is 5.91 Å². The molecule has 0 aromatic rings. The molecule has 1 saturated heterocycles. The fourth-order valence-electron chi connectivity index (χ4n) is 2.50. The number of nitriles is 1. The van der Waals surface area contributed by atoms with Gasteiger partial charge in [0, 0.05) is 35.4 Å². The molecule has 1 rings (SSSR count). The van der Waals surface area contributed by atoms with Gasteiger partial charge in [-0.1, -0.05) is 26.7 Å². The van der Waals surface area contributed by atoms with Gasteiger partial charge in [0.25, 0.3) is 0 Å². The lowest BCUT2D eigenvalue weighted by Crippen LogP contribution is -2.49. The summed E-state index contributed by atoms with van der Waals surface area (Å²) in [4.78, 5) is 14.3. The normalized spacial score (nSPS) is 17.5. The molecule has 0 bridgehead atoms. The van der Waals surface area contributed by atoms with Crippen molar-refractivity contribution in [2.75, 3.05) is 24.6 Å². The average molecular weight is 270 g/mol. The Morgan fingerprint density at radius 2 is 1.78 bits per heavy atom. The molecule has 1 aliphatic rings. The third kappa shape index (κ3) is 3.32. The number of amides is 1. The molecule has 0 aromatic carbocycles. The predicted molar refractivity (Wildman–Crippen MR) is 72.3 cm³/mol. The lowest BCUT2D eigenvalue weighted by Gasteiger charge is -2.34. The minimum atomic E-state index is -0.859. The molecule has 0 aliphatic carbocycles. The number of nitrogens with zero attached hydrogens (tertiary/aromatic N) is 2. The van der Waals surface area contributed by atoms with Crippen LogP contribution in [0.4, 0.5) is 0 Å². The van der Waals surface area contributed by atoms with Gasteiger partial charge >= 0.3 is 0 Å². The molecule has 1 fully saturated rings. The Hall–Kier alpha value is -0.890. The van der Waals surface area contributed by atoms with E-state index in [2.05, 4.69) is 6.07 Å². The predicted octanol–water partition coefficient (Wildman–Crippen LogP) is 1.69. The van der Waals surface area contributed by atoms with Crippen molar-refractivity contribution in [2.24, 2.45) is 5.41 Å². The van der Waals surface area contributed by atoms with Crippen LogP contribution in [-0.4, -0.2) is 39.6 Å². The van der Waals surface area contributed by atoms with Crippen LogP contribution in [0.3, 0.4) is 0 Å². The summed E-state index contributed by atoms with van der Waals surface area (Å²) in [6, 6.07) is 2.26. The van der Waals surface area contributed by atoms with Crippen LogP contribution in [0.2, 0.25) is 0 Å². The first-order chi connectivity index (χ1) is 8.59. The van der Waals surface area contributed by atoms with E-state index in [1.54, 1.807) is 4.90 Å². The van der Waals surface area contributed by atoms with Crippen LogP contribution < -0.4 is 0 Å². The number of rotatable bonds is 5. The van der Waals surface area contributed by atoms with E-state index in [-0.39, 0.29) is 5.91 Å². The van der Waals surface area contributed by atoms with E-state index in [4.69, 9.17) is 0 Å². The summed E-state index contributed by atoms with van der Waals surface area (Å²) >= 11 is 0. The molecule has 1 aliphatic heterocycles. The van der Waals surface area contributed by atoms with E-state index in [1.165, 1.54) is 0 Å². The summed E-state index contributed by atoms with van der Waals surface area (Å²) in [5, 5.41) is 9.43. The second-order valence-corrected chi connectivity index (χ2v) is 6.53. The Morgan fingerprint density at radius 3 is 2.17 bits per heavy atom. The highest BCUT2D eigenvalue weighted by atomic mass is 32.2. The molecular weight excluding hydrogens is 248 g/mol. The minimum absolute atomic E-state index is 0.0506. The molecule has 5 heteroatoms. The highest BCUT2D eigenvalue weighted by molar-refractivity contribution is 7.85. The second kappa shape index (κ2) is 6.89. The highest BCUT2D eigenvalue weighted by Gasteiger charge is 2.40. The van der Waals surface area contributed by atoms with Crippen molar-refractivity contribution in [1.29, 1.82) is 5.26 Å². The molecule has 1 heterocycles. The zero-order chi connectivity index (χ0) is 13.6. The molecule has 0 saturated carbocycles. The second-order valence-electron chi connectivity index (χ2n) is 4.83. The Morgan fingerprint density at radius 1 is 1.28 bits per heavy atom. The van der Waals surface area contributed by atoms with E-state index in [0.29, 0.717) is 37.4 Å². The Labute approximate surface area is 112 Å². The molecule has 18 heavy (non-hydrogen) atoms. The molecule has 1 amide bonds. The summed E-state index contributed by atoms with van der Waals surface area (Å²) in [7, 11) is -0.790. The molecule has 0 N–H and O–H groups in total. The highest BCUT2D eigenvalue weighted by Crippen LogP contribution is 2.32. The number of carbonyl (C=O) groups is 1. The molecule has 0 aromatic heterocycles. The first kappa shape index (κ1) is 15.2. The fraction of sp³-hybridized carbons (Fsp3) is 0.846. The van der Waals surface area contributed by atoms with Crippen molar-refractivity contribution in [2.45, 2.75) is 39.5 Å². The van der Waals surface area contributed by atoms with Gasteiger partial charge in [-0.3, -0.25) is 9.00 Å². The monoisotopic (exact) mass is 270 g/mol. The Balaban J connectivity index is 2.82. The van der Waals surface area contributed by atoms with E-state index in [9.17, 15) is 14.3 Å². The minimum Gasteiger partial charge on any atom is -0.339 e. The van der Waals surface area contributed by atoms with Gasteiger partial charge in [-0.05, 0) is 12.8 Å². The molecule has 4 nitrogen and oxygen atoms in total. The number of hydrogen-bond acceptors (Lipinski definition) is 3. The van der Waals surface area contributed by atoms with Crippen LogP contribution in [0, 0.1) is 16.7 Å². The first-order valence-electron chi connectivity index (χ1n) is 6.65. The quantitative estimate of drug-likeness (QED) is 0.763. The fourth-order valence-corrected chi connectivity index (χ4v) is 3.55. The number of carbonyl (C=O) groups excluding carboxylic acids is 1. The van der Waals surface area contributed by atoms with Crippen molar-refractivity contribution in [1.82, 2.24) is 4.90 Å². The largest absolute Gasteiger partial charge is 0.339 e. The van der Waals surface area contributed by atoms with Crippen LogP contribution >= 0.6 is 0 Å². The average Bonchev–Trinajstić information content (AvgIpc) is 2.38. The van der Waals surface area contributed by atoms with Crippen LogP contribution in [0.25, 0.3) is 0 Å². The van der Waals surface area contributed by atoms with Crippen LogP contribution in [0.1, 0.15) is 39.5 Å². The third-order valence-electron chi connectivity index (χ3n) is 3.44. The van der Waals surface area contributed by atoms with Gasteiger partial charge in [0.15, 0.2) is 0 Å². The zero-order valence-corrected chi connectivity index (χ0v) is 12.1. The lowest BCUT2D eigenvalue weighted by molar-refractivity contribution is -0.139. The van der Waals surface area contributed by atoms with Gasteiger partial charge in [0.05, 0.1) is 6.07 Å². The van der Waals surface area contributed by atoms with Gasteiger partial charge in [-0.25, -0.2) is 0 Å². The molecule has 0 unspecified atom stereocenters. The number of hydrogen-bond donors (Lipinski definition) is 0. The Bertz CT molecular complexity index is 346. The zero-order valence-electron chi connectivity index (χ0n) is 11.3. The maximum atomic E-state index is 12.5. The van der Waals surface area contributed by atoms with Crippen molar-refractivity contribution in [3.63, 3.8) is 0 Å². The van der Waals surface area contributed by atoms with Gasteiger partial charge in [0.1, 0.15) is 5.41 Å². The molecule has 0 radical (unpaired) electrons. The SMILES string of the molecule is CCCC(C#N)(CCC)C(=O)N1CCS(=O)CC1. The molecule has 0 spiro atoms. The van der Waals surface area contributed by atoms with E-state index < -0.39 is 16.2 Å². The topological polar surface area (TPSA) is 61.2 Å². The molecule has 0 atom stereocenters. The van der Waals surface area contributed by atoms with E-state index in [0.717, 1.165) is 12.8 Å². The third-order valence-corrected chi connectivity index (χ3v) is 4.72. The van der Waals surface area contributed by atoms with Gasteiger partial charge < -0.3 is 4.90 Å². The smallest absolute Gasteiger partial charge is 0.243 e. The van der Waals surface area contributed by atoms with Crippen molar-refractivity contribution in [3.8, 4) is 6.07 Å². The Kier molecular flexibility index (Phi) is 5.80. The first-order valence-corrected chi connectivity index (χ1v) is 8.14. The maximum absolute atomic E-state index is 12.5. The van der Waals surface area contributed by atoms with Crippen molar-refractivity contribution < 1.29 is 9.00 Å². The summed E-state index contributed by atoms with van der Waals surface area (Å²) in [6.07, 6.45) is 2.91.